The molecule has 1 aliphatic carbocycles. The minimum atomic E-state index is -3.93. The van der Waals surface area contributed by atoms with E-state index in [-0.39, 0.29) is 22.9 Å². The van der Waals surface area contributed by atoms with Crippen LogP contribution in [0.5, 0.6) is 5.75 Å². The predicted molar refractivity (Wildman–Crippen MR) is 85.0 cm³/mol. The maximum absolute atomic E-state index is 12.5. The molecule has 0 amide bonds. The molecule has 7 heteroatoms. The van der Waals surface area contributed by atoms with E-state index in [2.05, 4.69) is 10.3 Å². The van der Waals surface area contributed by atoms with Crippen LogP contribution in [0.3, 0.4) is 0 Å². The smallest absolute Gasteiger partial charge is 0.286 e. The van der Waals surface area contributed by atoms with Crippen molar-refractivity contribution in [3.05, 3.63) is 53.6 Å². The Morgan fingerprint density at radius 3 is 2.50 bits per heavy atom. The Kier molecular flexibility index (Phi) is 4.72. The maximum Gasteiger partial charge on any atom is 0.286 e. The van der Waals surface area contributed by atoms with E-state index in [1.165, 1.54) is 25.3 Å². The molecule has 0 radical (unpaired) electrons. The summed E-state index contributed by atoms with van der Waals surface area (Å²) in [7, 11) is -2.54. The molecule has 6 nitrogen and oxygen atoms in total. The lowest BCUT2D eigenvalue weighted by Gasteiger charge is -2.09. The largest absolute Gasteiger partial charge is 0.495 e. The topological polar surface area (TPSA) is 106 Å². The van der Waals surface area contributed by atoms with Gasteiger partial charge in [-0.05, 0) is 47.9 Å². The number of benzene rings is 1. The van der Waals surface area contributed by atoms with E-state index in [0.717, 1.165) is 0 Å². The van der Waals surface area contributed by atoms with E-state index in [1.807, 2.05) is 0 Å². The number of nitrogens with one attached hydrogen (secondary N) is 1. The summed E-state index contributed by atoms with van der Waals surface area (Å²) in [5.41, 5.74) is 7.02. The molecule has 3 N–H and O–H groups in total. The average Bonchev–Trinajstić information content (AvgIpc) is 2.54. The van der Waals surface area contributed by atoms with Crippen LogP contribution in [0.1, 0.15) is 5.56 Å². The molecule has 1 aliphatic rings. The lowest BCUT2D eigenvalue weighted by Crippen LogP contribution is -2.06. The van der Waals surface area contributed by atoms with Gasteiger partial charge in [-0.2, -0.15) is 12.8 Å². The van der Waals surface area contributed by atoms with Gasteiger partial charge in [0.05, 0.1) is 12.8 Å². The zero-order chi connectivity index (χ0) is 16.2. The van der Waals surface area contributed by atoms with E-state index in [9.17, 15) is 8.42 Å². The van der Waals surface area contributed by atoms with Crippen molar-refractivity contribution in [1.29, 1.82) is 5.41 Å². The fraction of sp³-hybridized carbons (Fsp3) is 0.133. The first-order valence-corrected chi connectivity index (χ1v) is 7.82. The van der Waals surface area contributed by atoms with Crippen molar-refractivity contribution in [3.63, 3.8) is 0 Å². The minimum absolute atomic E-state index is 0.0272. The second-order valence-electron chi connectivity index (χ2n) is 4.43. The maximum atomic E-state index is 12.5. The molecule has 0 bridgehead atoms. The second kappa shape index (κ2) is 6.53. The highest BCUT2D eigenvalue weighted by Gasteiger charge is 2.20. The second-order valence-corrected chi connectivity index (χ2v) is 6.00. The molecule has 114 valence electrons. The molecule has 0 fully saturated rings. The van der Waals surface area contributed by atoms with Crippen molar-refractivity contribution >= 4 is 21.6 Å². The van der Waals surface area contributed by atoms with Gasteiger partial charge in [0.1, 0.15) is 10.6 Å². The molecule has 0 saturated carbocycles. The third-order valence-corrected chi connectivity index (χ3v) is 4.30. The van der Waals surface area contributed by atoms with Crippen molar-refractivity contribution in [1.82, 2.24) is 0 Å². The first-order chi connectivity index (χ1) is 10.5. The number of nitrogens with two attached hydrogens (primary N) is 1. The van der Waals surface area contributed by atoms with Gasteiger partial charge < -0.3 is 10.5 Å². The van der Waals surface area contributed by atoms with Crippen molar-refractivity contribution in [2.24, 2.45) is 10.1 Å². The quantitative estimate of drug-likeness (QED) is 0.822. The Bertz CT molecular complexity index is 812. The highest BCUT2D eigenvalue weighted by atomic mass is 32.2. The van der Waals surface area contributed by atoms with Gasteiger partial charge in [0, 0.05) is 12.1 Å². The molecule has 2 rings (SSSR count). The van der Waals surface area contributed by atoms with Crippen LogP contribution in [0.15, 0.2) is 57.4 Å². The van der Waals surface area contributed by atoms with Gasteiger partial charge in [-0.25, -0.2) is 0 Å². The number of hydrogen-bond acceptors (Lipinski definition) is 5. The molecule has 0 aliphatic heterocycles. The molecule has 0 heterocycles. The molecule has 1 aromatic carbocycles. The monoisotopic (exact) mass is 317 g/mol. The summed E-state index contributed by atoms with van der Waals surface area (Å²) < 4.78 is 33.8. The van der Waals surface area contributed by atoms with Crippen LogP contribution in [0, 0.1) is 5.41 Å². The number of nitrogens with zero attached hydrogens (tertiary/aromatic N) is 1. The molecule has 0 saturated heterocycles. The van der Waals surface area contributed by atoms with Crippen LogP contribution in [0.25, 0.3) is 0 Å². The molecule has 0 atom stereocenters. The van der Waals surface area contributed by atoms with Crippen LogP contribution in [-0.4, -0.2) is 27.1 Å². The summed E-state index contributed by atoms with van der Waals surface area (Å²) in [5, 5.41) is 7.00. The Hall–Kier alpha value is -2.47. The number of rotatable bonds is 4. The van der Waals surface area contributed by atoms with Crippen molar-refractivity contribution in [2.75, 3.05) is 7.11 Å². The summed E-state index contributed by atoms with van der Waals surface area (Å²) in [6.45, 7) is 0.219. The van der Waals surface area contributed by atoms with Crippen LogP contribution in [0.2, 0.25) is 0 Å². The van der Waals surface area contributed by atoms with E-state index in [1.54, 1.807) is 24.3 Å². The molecule has 0 aromatic heterocycles. The lowest BCUT2D eigenvalue weighted by atomic mass is 10.1. The van der Waals surface area contributed by atoms with E-state index in [0.29, 0.717) is 11.1 Å². The van der Waals surface area contributed by atoms with Gasteiger partial charge in [0.25, 0.3) is 10.0 Å². The van der Waals surface area contributed by atoms with Crippen LogP contribution >= 0.6 is 0 Å². The first kappa shape index (κ1) is 15.9. The van der Waals surface area contributed by atoms with E-state index in [4.69, 9.17) is 15.9 Å². The fourth-order valence-electron chi connectivity index (χ4n) is 1.84. The average molecular weight is 317 g/mol. The SMILES string of the molecule is COc1ccc(CN)cc1S(=O)(=O)N=C1C=CC(=C=N)C=C1. The Morgan fingerprint density at radius 2 is 1.95 bits per heavy atom. The molecule has 0 unspecified atom stereocenters. The highest BCUT2D eigenvalue weighted by Crippen LogP contribution is 2.27. The number of allylic oxidation sites excluding steroid dienone is 5. The zero-order valence-corrected chi connectivity index (χ0v) is 12.7. The van der Waals surface area contributed by atoms with Crippen molar-refractivity contribution in [2.45, 2.75) is 11.4 Å². The van der Waals surface area contributed by atoms with Crippen molar-refractivity contribution < 1.29 is 13.2 Å². The summed E-state index contributed by atoms with van der Waals surface area (Å²) in [6.07, 6.45) is 6.14. The van der Waals surface area contributed by atoms with Crippen LogP contribution in [0.4, 0.5) is 0 Å². The Morgan fingerprint density at radius 1 is 1.27 bits per heavy atom. The first-order valence-electron chi connectivity index (χ1n) is 6.38. The summed E-state index contributed by atoms with van der Waals surface area (Å²) in [6, 6.07) is 4.71. The normalized spacial score (nSPS) is 13.9. The standard InChI is InChI=1S/C15H15N3O3S/c1-21-14-7-4-12(10-17)8-15(14)22(19,20)18-13-5-2-11(9-16)3-6-13/h2-8,16H,10,17H2,1H3. The molecule has 0 spiro atoms. The fourth-order valence-corrected chi connectivity index (χ4v) is 3.05. The van der Waals surface area contributed by atoms with Gasteiger partial charge in [-0.3, -0.25) is 5.41 Å². The van der Waals surface area contributed by atoms with Gasteiger partial charge in [-0.15, -0.1) is 0 Å². The molecule has 1 aromatic rings. The Labute approximate surface area is 128 Å². The molecule has 22 heavy (non-hydrogen) atoms. The van der Waals surface area contributed by atoms with E-state index < -0.39 is 10.0 Å². The number of hydrogen-bond donors (Lipinski definition) is 2. The van der Waals surface area contributed by atoms with Gasteiger partial charge in [0.15, 0.2) is 0 Å². The molecular formula is C15H15N3O3S. The third kappa shape index (κ3) is 3.40. The van der Waals surface area contributed by atoms with E-state index >= 15 is 0 Å². The lowest BCUT2D eigenvalue weighted by molar-refractivity contribution is 0.402. The van der Waals surface area contributed by atoms with Crippen molar-refractivity contribution in [3.8, 4) is 5.75 Å². The number of ether oxygens (including phenoxy) is 1. The van der Waals surface area contributed by atoms with Gasteiger partial charge in [0.2, 0.25) is 0 Å². The Balaban J connectivity index is 2.48. The summed E-state index contributed by atoms with van der Waals surface area (Å²) in [4.78, 5) is -0.0272. The third-order valence-electron chi connectivity index (χ3n) is 2.98. The number of sulfonamides is 1. The zero-order valence-electron chi connectivity index (χ0n) is 11.9. The van der Waals surface area contributed by atoms with Crippen LogP contribution < -0.4 is 10.5 Å². The minimum Gasteiger partial charge on any atom is -0.495 e. The van der Waals surface area contributed by atoms with Gasteiger partial charge >= 0.3 is 0 Å². The summed E-state index contributed by atoms with van der Waals surface area (Å²) in [5.74, 6) is 2.42. The number of methoxy groups -OCH3 is 1. The van der Waals surface area contributed by atoms with Crippen LogP contribution in [-0.2, 0) is 16.6 Å². The van der Waals surface area contributed by atoms with Gasteiger partial charge in [-0.1, -0.05) is 6.07 Å². The summed E-state index contributed by atoms with van der Waals surface area (Å²) >= 11 is 0. The molecular weight excluding hydrogens is 302 g/mol. The highest BCUT2D eigenvalue weighted by molar-refractivity contribution is 7.90. The predicted octanol–water partition coefficient (Wildman–Crippen LogP) is 1.58.